The number of hydrogen-bond acceptors (Lipinski definition) is 2. The molecule has 0 atom stereocenters. The molecule has 1 fully saturated rings. The molecule has 3 heteroatoms. The lowest BCUT2D eigenvalue weighted by molar-refractivity contribution is 0.336. The summed E-state index contributed by atoms with van der Waals surface area (Å²) in [4.78, 5) is 2.18. The smallest absolute Gasteiger partial charge is 0.264 e. The molecule has 2 nitrogen and oxygen atoms in total. The van der Waals surface area contributed by atoms with Gasteiger partial charge >= 0.3 is 0 Å². The van der Waals surface area contributed by atoms with Crippen LogP contribution in [0.4, 0.5) is 5.69 Å². The highest BCUT2D eigenvalue weighted by Gasteiger charge is 2.25. The molecule has 19 heavy (non-hydrogen) atoms. The van der Waals surface area contributed by atoms with Crippen LogP contribution in [0.2, 0.25) is 0 Å². The lowest BCUT2D eigenvalue weighted by Crippen LogP contribution is -2.41. The van der Waals surface area contributed by atoms with Gasteiger partial charge in [0.15, 0.2) is 0 Å². The highest BCUT2D eigenvalue weighted by molar-refractivity contribution is 7.80. The third-order valence-electron chi connectivity index (χ3n) is 3.50. The summed E-state index contributed by atoms with van der Waals surface area (Å²) in [5.74, 6) is 0. The largest absolute Gasteiger partial charge is 0.466 e. The maximum absolute atomic E-state index is 5.60. The Balaban J connectivity index is 2.17. The summed E-state index contributed by atoms with van der Waals surface area (Å²) in [7, 11) is 0. The quantitative estimate of drug-likeness (QED) is 0.600. The number of thiocarbonyl (C=S) groups is 1. The van der Waals surface area contributed by atoms with Crippen LogP contribution in [-0.2, 0) is 4.74 Å². The van der Waals surface area contributed by atoms with Crippen LogP contribution in [0.3, 0.4) is 0 Å². The Bertz CT molecular complexity index is 412. The molecular formula is C16H21NOS. The molecule has 102 valence electrons. The van der Waals surface area contributed by atoms with E-state index in [0.29, 0.717) is 17.8 Å². The van der Waals surface area contributed by atoms with Crippen molar-refractivity contribution in [3.63, 3.8) is 0 Å². The first-order valence-electron chi connectivity index (χ1n) is 6.95. The Morgan fingerprint density at radius 3 is 2.58 bits per heavy atom. The van der Waals surface area contributed by atoms with Gasteiger partial charge < -0.3 is 9.64 Å². The van der Waals surface area contributed by atoms with Crippen LogP contribution in [0.1, 0.15) is 32.1 Å². The molecule has 1 aromatic carbocycles. The van der Waals surface area contributed by atoms with Gasteiger partial charge in [0.1, 0.15) is 6.61 Å². The van der Waals surface area contributed by atoms with Gasteiger partial charge in [-0.25, -0.2) is 0 Å². The maximum atomic E-state index is 5.60. The lowest BCUT2D eigenvalue weighted by Gasteiger charge is -2.35. The van der Waals surface area contributed by atoms with E-state index in [1.54, 1.807) is 6.08 Å². The topological polar surface area (TPSA) is 12.5 Å². The first kappa shape index (κ1) is 14.1. The van der Waals surface area contributed by atoms with Crippen molar-refractivity contribution in [3.05, 3.63) is 43.0 Å². The standard InChI is InChI=1S/C16H21NOS/c1-2-13-18-16(19)17(14-9-5-3-6-10-14)15-11-7-4-8-12-15/h2-3,5-6,9-10,15H,1,4,7-8,11-13H2. The van der Waals surface area contributed by atoms with Crippen LogP contribution < -0.4 is 4.90 Å². The number of nitrogens with zero attached hydrogens (tertiary/aromatic N) is 1. The van der Waals surface area contributed by atoms with Gasteiger partial charge in [-0.05, 0) is 37.2 Å². The second kappa shape index (κ2) is 7.29. The zero-order valence-electron chi connectivity index (χ0n) is 11.3. The zero-order chi connectivity index (χ0) is 13.5. The van der Waals surface area contributed by atoms with E-state index >= 15 is 0 Å². The van der Waals surface area contributed by atoms with Crippen LogP contribution in [-0.4, -0.2) is 17.8 Å². The fraction of sp³-hybridized carbons (Fsp3) is 0.438. The van der Waals surface area contributed by atoms with E-state index in [2.05, 4.69) is 23.6 Å². The number of para-hydroxylation sites is 1. The fourth-order valence-electron chi connectivity index (χ4n) is 2.59. The van der Waals surface area contributed by atoms with E-state index < -0.39 is 0 Å². The number of anilines is 1. The van der Waals surface area contributed by atoms with Crippen molar-refractivity contribution in [2.24, 2.45) is 0 Å². The normalized spacial score (nSPS) is 15.8. The third kappa shape index (κ3) is 3.80. The molecule has 0 aliphatic heterocycles. The second-order valence-electron chi connectivity index (χ2n) is 4.86. The van der Waals surface area contributed by atoms with Crippen molar-refractivity contribution < 1.29 is 4.74 Å². The molecule has 0 heterocycles. The number of rotatable bonds is 4. The molecule has 1 aliphatic carbocycles. The SMILES string of the molecule is C=CCOC(=S)N(c1ccccc1)C1CCCCC1. The van der Waals surface area contributed by atoms with E-state index in [0.717, 1.165) is 5.69 Å². The van der Waals surface area contributed by atoms with Crippen LogP contribution in [0, 0.1) is 0 Å². The third-order valence-corrected chi connectivity index (χ3v) is 3.81. The van der Waals surface area contributed by atoms with Gasteiger partial charge in [0, 0.05) is 11.7 Å². The molecule has 1 aliphatic rings. The van der Waals surface area contributed by atoms with Gasteiger partial charge in [-0.2, -0.15) is 0 Å². The summed E-state index contributed by atoms with van der Waals surface area (Å²) >= 11 is 5.46. The summed E-state index contributed by atoms with van der Waals surface area (Å²) in [6.07, 6.45) is 7.99. The summed E-state index contributed by atoms with van der Waals surface area (Å²) < 4.78 is 5.60. The summed E-state index contributed by atoms with van der Waals surface area (Å²) in [6.45, 7) is 4.14. The monoisotopic (exact) mass is 275 g/mol. The lowest BCUT2D eigenvalue weighted by atomic mass is 9.94. The predicted octanol–water partition coefficient (Wildman–Crippen LogP) is 4.31. The number of benzene rings is 1. The zero-order valence-corrected chi connectivity index (χ0v) is 12.1. The first-order valence-corrected chi connectivity index (χ1v) is 7.35. The molecule has 0 amide bonds. The molecule has 0 N–H and O–H groups in total. The molecule has 2 rings (SSSR count). The van der Waals surface area contributed by atoms with Gasteiger partial charge in [0.25, 0.3) is 5.17 Å². The van der Waals surface area contributed by atoms with Crippen molar-refractivity contribution in [2.45, 2.75) is 38.1 Å². The van der Waals surface area contributed by atoms with Crippen LogP contribution in [0.5, 0.6) is 0 Å². The molecule has 0 aromatic heterocycles. The first-order chi connectivity index (χ1) is 9.33. The van der Waals surface area contributed by atoms with Gasteiger partial charge in [-0.1, -0.05) is 50.1 Å². The Labute approximate surface area is 121 Å². The summed E-state index contributed by atoms with van der Waals surface area (Å²) in [6, 6.07) is 10.8. The maximum Gasteiger partial charge on any atom is 0.264 e. The fourth-order valence-corrected chi connectivity index (χ4v) is 2.92. The van der Waals surface area contributed by atoms with E-state index in [9.17, 15) is 0 Å². The summed E-state index contributed by atoms with van der Waals surface area (Å²) in [5.41, 5.74) is 1.13. The Kier molecular flexibility index (Phi) is 5.40. The molecule has 0 saturated heterocycles. The van der Waals surface area contributed by atoms with Gasteiger partial charge in [0.05, 0.1) is 0 Å². The molecule has 0 bridgehead atoms. The van der Waals surface area contributed by atoms with E-state index in [1.165, 1.54) is 32.1 Å². The van der Waals surface area contributed by atoms with Crippen LogP contribution in [0.15, 0.2) is 43.0 Å². The van der Waals surface area contributed by atoms with Crippen molar-refractivity contribution in [3.8, 4) is 0 Å². The van der Waals surface area contributed by atoms with Crippen molar-refractivity contribution >= 4 is 23.1 Å². The average Bonchev–Trinajstić information content (AvgIpc) is 2.47. The minimum Gasteiger partial charge on any atom is -0.466 e. The summed E-state index contributed by atoms with van der Waals surface area (Å²) in [5, 5.41) is 0.568. The van der Waals surface area contributed by atoms with Crippen molar-refractivity contribution in [2.75, 3.05) is 11.5 Å². The van der Waals surface area contributed by atoms with Gasteiger partial charge in [-0.3, -0.25) is 0 Å². The molecule has 0 unspecified atom stereocenters. The minimum absolute atomic E-state index is 0.466. The molecule has 1 aromatic rings. The molecule has 0 radical (unpaired) electrons. The van der Waals surface area contributed by atoms with E-state index in [1.807, 2.05) is 18.2 Å². The Morgan fingerprint density at radius 2 is 1.95 bits per heavy atom. The second-order valence-corrected chi connectivity index (χ2v) is 5.21. The molecule has 1 saturated carbocycles. The highest BCUT2D eigenvalue weighted by atomic mass is 32.1. The van der Waals surface area contributed by atoms with Crippen molar-refractivity contribution in [1.82, 2.24) is 0 Å². The average molecular weight is 275 g/mol. The van der Waals surface area contributed by atoms with E-state index in [-0.39, 0.29) is 0 Å². The molecule has 0 spiro atoms. The van der Waals surface area contributed by atoms with Crippen LogP contribution >= 0.6 is 12.2 Å². The van der Waals surface area contributed by atoms with Gasteiger partial charge in [-0.15, -0.1) is 0 Å². The Morgan fingerprint density at radius 1 is 1.26 bits per heavy atom. The number of ether oxygens (including phenoxy) is 1. The van der Waals surface area contributed by atoms with Gasteiger partial charge in [0.2, 0.25) is 0 Å². The van der Waals surface area contributed by atoms with Crippen molar-refractivity contribution in [1.29, 1.82) is 0 Å². The Hall–Kier alpha value is -1.35. The minimum atomic E-state index is 0.466. The van der Waals surface area contributed by atoms with E-state index in [4.69, 9.17) is 17.0 Å². The number of hydrogen-bond donors (Lipinski definition) is 0. The van der Waals surface area contributed by atoms with Crippen LogP contribution in [0.25, 0.3) is 0 Å². The highest BCUT2D eigenvalue weighted by Crippen LogP contribution is 2.28. The molecular weight excluding hydrogens is 254 g/mol. The predicted molar refractivity (Wildman–Crippen MR) is 84.5 cm³/mol.